The lowest BCUT2D eigenvalue weighted by Crippen LogP contribution is -2.42. The first kappa shape index (κ1) is 22.0. The Morgan fingerprint density at radius 1 is 1.04 bits per heavy atom. The average Bonchev–Trinajstić information content (AvgIpc) is 2.65. The predicted molar refractivity (Wildman–Crippen MR) is 117 cm³/mol. The fourth-order valence-corrected chi connectivity index (χ4v) is 3.54. The molecule has 0 heterocycles. The molecule has 0 bridgehead atoms. The van der Waals surface area contributed by atoms with Crippen LogP contribution in [0.15, 0.2) is 47.5 Å². The molecule has 0 amide bonds. The van der Waals surface area contributed by atoms with Gasteiger partial charge in [-0.05, 0) is 50.1 Å². The maximum Gasteiger partial charge on any atom is 0.191 e. The van der Waals surface area contributed by atoms with Crippen LogP contribution in [-0.2, 0) is 9.84 Å². The van der Waals surface area contributed by atoms with Gasteiger partial charge in [0.05, 0.1) is 17.1 Å². The van der Waals surface area contributed by atoms with Gasteiger partial charge in [0.2, 0.25) is 0 Å². The highest BCUT2D eigenvalue weighted by atomic mass is 32.2. The second-order valence-electron chi connectivity index (χ2n) is 7.57. The van der Waals surface area contributed by atoms with Crippen LogP contribution in [0.25, 0.3) is 10.8 Å². The normalized spacial score (nSPS) is 12.8. The molecule has 0 radical (unpaired) electrons. The van der Waals surface area contributed by atoms with E-state index in [4.69, 9.17) is 4.74 Å². The summed E-state index contributed by atoms with van der Waals surface area (Å²) in [5.74, 6) is 1.52. The fraction of sp³-hybridized carbons (Fsp3) is 0.476. The number of aliphatic imine (C=N–C) groups is 1. The van der Waals surface area contributed by atoms with Gasteiger partial charge in [-0.25, -0.2) is 8.42 Å². The maximum atomic E-state index is 12.1. The number of sulfone groups is 1. The minimum atomic E-state index is -3.14. The van der Waals surface area contributed by atoms with Gasteiger partial charge in [-0.2, -0.15) is 0 Å². The lowest BCUT2D eigenvalue weighted by molar-refractivity contribution is 0.311. The zero-order valence-electron chi connectivity index (χ0n) is 17.2. The molecular weight excluding hydrogens is 374 g/mol. The van der Waals surface area contributed by atoms with E-state index >= 15 is 0 Å². The van der Waals surface area contributed by atoms with Crippen LogP contribution in [0.3, 0.4) is 0 Å². The van der Waals surface area contributed by atoms with Crippen molar-refractivity contribution < 1.29 is 13.2 Å². The van der Waals surface area contributed by atoms with Crippen LogP contribution < -0.4 is 15.4 Å². The van der Waals surface area contributed by atoms with Gasteiger partial charge in [0, 0.05) is 20.1 Å². The summed E-state index contributed by atoms with van der Waals surface area (Å²) in [5, 5.41) is 8.57. The number of hydrogen-bond acceptors (Lipinski definition) is 4. The average molecular weight is 406 g/mol. The Balaban J connectivity index is 1.68. The fourth-order valence-electron chi connectivity index (χ4n) is 2.56. The molecule has 2 N–H and O–H groups in total. The second-order valence-corrected chi connectivity index (χ2v) is 10.4. The Morgan fingerprint density at radius 3 is 2.39 bits per heavy atom. The molecule has 0 atom stereocenters. The molecule has 0 saturated heterocycles. The van der Waals surface area contributed by atoms with Crippen molar-refractivity contribution in [1.82, 2.24) is 10.6 Å². The van der Waals surface area contributed by atoms with E-state index in [0.717, 1.165) is 17.6 Å². The highest BCUT2D eigenvalue weighted by Crippen LogP contribution is 2.20. The number of benzene rings is 2. The Labute approximate surface area is 168 Å². The lowest BCUT2D eigenvalue weighted by atomic mass is 10.1. The molecule has 2 aromatic rings. The number of ether oxygens (including phenoxy) is 1. The van der Waals surface area contributed by atoms with Crippen molar-refractivity contribution in [3.8, 4) is 5.75 Å². The molecule has 6 nitrogen and oxygen atoms in total. The van der Waals surface area contributed by atoms with Crippen molar-refractivity contribution in [2.24, 2.45) is 4.99 Å². The van der Waals surface area contributed by atoms with E-state index in [0.29, 0.717) is 25.7 Å². The number of nitrogens with one attached hydrogen (secondary N) is 2. The summed E-state index contributed by atoms with van der Waals surface area (Å²) in [6, 6.07) is 14.3. The molecule has 0 aliphatic carbocycles. The standard InChI is InChI=1S/C21H31N3O3S/c1-21(2,3)28(25,26)15-13-24-20(22-4)23-12-7-14-27-19-11-10-17-8-5-6-9-18(17)16-19/h5-6,8-11,16H,7,12-15H2,1-4H3,(H2,22,23,24). The van der Waals surface area contributed by atoms with Gasteiger partial charge in [0.15, 0.2) is 15.8 Å². The minimum Gasteiger partial charge on any atom is -0.494 e. The highest BCUT2D eigenvalue weighted by Gasteiger charge is 2.28. The molecule has 2 aromatic carbocycles. The Hall–Kier alpha value is -2.28. The van der Waals surface area contributed by atoms with Crippen LogP contribution >= 0.6 is 0 Å². The van der Waals surface area contributed by atoms with E-state index < -0.39 is 14.6 Å². The molecule has 7 heteroatoms. The molecule has 0 saturated carbocycles. The first-order valence-corrected chi connectivity index (χ1v) is 11.2. The molecule has 0 fully saturated rings. The van der Waals surface area contributed by atoms with Gasteiger partial charge in [0.25, 0.3) is 0 Å². The van der Waals surface area contributed by atoms with Gasteiger partial charge >= 0.3 is 0 Å². The quantitative estimate of drug-likeness (QED) is 0.401. The number of fused-ring (bicyclic) bond motifs is 1. The molecule has 0 unspecified atom stereocenters. The zero-order valence-corrected chi connectivity index (χ0v) is 18.0. The summed E-state index contributed by atoms with van der Waals surface area (Å²) in [6.07, 6.45) is 0.799. The predicted octanol–water partition coefficient (Wildman–Crippen LogP) is 2.99. The van der Waals surface area contributed by atoms with Crippen molar-refractivity contribution in [3.63, 3.8) is 0 Å². The van der Waals surface area contributed by atoms with Gasteiger partial charge in [-0.15, -0.1) is 0 Å². The van der Waals surface area contributed by atoms with Crippen LogP contribution in [0.4, 0.5) is 0 Å². The summed E-state index contributed by atoms with van der Waals surface area (Å²) in [5.41, 5.74) is 0. The third-order valence-electron chi connectivity index (χ3n) is 4.42. The summed E-state index contributed by atoms with van der Waals surface area (Å²) in [6.45, 7) is 6.73. The van der Waals surface area contributed by atoms with Crippen LogP contribution in [0.5, 0.6) is 5.75 Å². The van der Waals surface area contributed by atoms with Gasteiger partial charge < -0.3 is 15.4 Å². The van der Waals surface area contributed by atoms with Crippen molar-refractivity contribution in [3.05, 3.63) is 42.5 Å². The van der Waals surface area contributed by atoms with Crippen molar-refractivity contribution in [2.45, 2.75) is 31.9 Å². The summed E-state index contributed by atoms with van der Waals surface area (Å²) >= 11 is 0. The molecule has 0 aliphatic heterocycles. The third-order valence-corrected chi connectivity index (χ3v) is 7.03. The van der Waals surface area contributed by atoms with E-state index in [1.54, 1.807) is 27.8 Å². The third kappa shape index (κ3) is 6.41. The van der Waals surface area contributed by atoms with E-state index in [2.05, 4.69) is 33.8 Å². The van der Waals surface area contributed by atoms with Crippen LogP contribution in [-0.4, -0.2) is 51.6 Å². The van der Waals surface area contributed by atoms with Crippen molar-refractivity contribution in [2.75, 3.05) is 32.5 Å². The summed E-state index contributed by atoms with van der Waals surface area (Å²) in [4.78, 5) is 4.12. The van der Waals surface area contributed by atoms with E-state index in [1.807, 2.05) is 24.3 Å². The lowest BCUT2D eigenvalue weighted by Gasteiger charge is -2.19. The highest BCUT2D eigenvalue weighted by molar-refractivity contribution is 7.92. The van der Waals surface area contributed by atoms with E-state index in [-0.39, 0.29) is 5.75 Å². The van der Waals surface area contributed by atoms with E-state index in [1.165, 1.54) is 5.39 Å². The summed E-state index contributed by atoms with van der Waals surface area (Å²) in [7, 11) is -1.48. The first-order valence-electron chi connectivity index (χ1n) is 9.51. The maximum absolute atomic E-state index is 12.1. The smallest absolute Gasteiger partial charge is 0.191 e. The van der Waals surface area contributed by atoms with Crippen molar-refractivity contribution in [1.29, 1.82) is 0 Å². The molecule has 28 heavy (non-hydrogen) atoms. The van der Waals surface area contributed by atoms with Gasteiger partial charge in [0.1, 0.15) is 5.75 Å². The number of guanidine groups is 1. The number of nitrogens with zero attached hydrogens (tertiary/aromatic N) is 1. The second kappa shape index (κ2) is 9.78. The molecule has 0 spiro atoms. The number of hydrogen-bond donors (Lipinski definition) is 2. The SMILES string of the molecule is CN=C(NCCCOc1ccc2ccccc2c1)NCCS(=O)(=O)C(C)(C)C. The van der Waals surface area contributed by atoms with E-state index in [9.17, 15) is 8.42 Å². The Morgan fingerprint density at radius 2 is 1.71 bits per heavy atom. The molecular formula is C21H31N3O3S. The van der Waals surface area contributed by atoms with Crippen LogP contribution in [0, 0.1) is 0 Å². The first-order chi connectivity index (χ1) is 13.2. The Bertz CT molecular complexity index is 902. The van der Waals surface area contributed by atoms with Gasteiger partial charge in [-0.1, -0.05) is 30.3 Å². The Kier molecular flexibility index (Phi) is 7.69. The van der Waals surface area contributed by atoms with Gasteiger partial charge in [-0.3, -0.25) is 4.99 Å². The monoisotopic (exact) mass is 405 g/mol. The van der Waals surface area contributed by atoms with Crippen LogP contribution in [0.2, 0.25) is 0 Å². The topological polar surface area (TPSA) is 79.8 Å². The van der Waals surface area contributed by atoms with Crippen molar-refractivity contribution >= 4 is 26.6 Å². The molecule has 0 aromatic heterocycles. The summed E-state index contributed by atoms with van der Waals surface area (Å²) < 4.78 is 29.3. The van der Waals surface area contributed by atoms with Crippen LogP contribution in [0.1, 0.15) is 27.2 Å². The number of rotatable bonds is 8. The molecule has 2 rings (SSSR count). The largest absolute Gasteiger partial charge is 0.494 e. The molecule has 0 aliphatic rings. The minimum absolute atomic E-state index is 0.0717. The zero-order chi connectivity index (χ0) is 20.6. The molecule has 154 valence electrons.